The van der Waals surface area contributed by atoms with Gasteiger partial charge in [0.2, 0.25) is 0 Å². The van der Waals surface area contributed by atoms with Gasteiger partial charge in [-0.2, -0.15) is 5.10 Å². The second-order valence-electron chi connectivity index (χ2n) is 9.78. The van der Waals surface area contributed by atoms with Crippen molar-refractivity contribution in [2.45, 2.75) is 6.92 Å². The van der Waals surface area contributed by atoms with Crippen molar-refractivity contribution in [1.29, 1.82) is 0 Å². The van der Waals surface area contributed by atoms with Crippen molar-refractivity contribution in [3.8, 4) is 22.5 Å². The molecule has 3 N–H and O–H groups in total. The lowest BCUT2D eigenvalue weighted by atomic mass is 10.00. The van der Waals surface area contributed by atoms with E-state index in [2.05, 4.69) is 62.8 Å². The van der Waals surface area contributed by atoms with Gasteiger partial charge in [-0.05, 0) is 80.2 Å². The van der Waals surface area contributed by atoms with Crippen LogP contribution in [0.4, 0.5) is 4.39 Å². The lowest BCUT2D eigenvalue weighted by Gasteiger charge is -2.15. The highest BCUT2D eigenvalue weighted by molar-refractivity contribution is 6.01. The smallest absolute Gasteiger partial charge is 0.131 e. The molecule has 5 rings (SSSR count). The Kier molecular flexibility index (Phi) is 7.30. The number of hydrogen-bond acceptors (Lipinski definition) is 3. The van der Waals surface area contributed by atoms with Crippen molar-refractivity contribution >= 4 is 27.4 Å². The third-order valence-corrected chi connectivity index (χ3v) is 6.65. The second kappa shape index (κ2) is 11.0. The summed E-state index contributed by atoms with van der Waals surface area (Å²) in [6, 6.07) is 21.0. The van der Waals surface area contributed by atoms with E-state index in [4.69, 9.17) is 0 Å². The quantitative estimate of drug-likeness (QED) is 0.176. The van der Waals surface area contributed by atoms with Crippen molar-refractivity contribution in [2.75, 3.05) is 20.6 Å². The first-order valence-electron chi connectivity index (χ1n) is 12.8. The summed E-state index contributed by atoms with van der Waals surface area (Å²) in [5.41, 5.74) is 8.81. The first-order valence-corrected chi connectivity index (χ1v) is 12.8. The van der Waals surface area contributed by atoms with Gasteiger partial charge < -0.3 is 15.2 Å². The molecule has 5 aromatic rings. The second-order valence-corrected chi connectivity index (χ2v) is 9.78. The van der Waals surface area contributed by atoms with E-state index in [1.165, 1.54) is 6.07 Å². The average Bonchev–Trinajstić information content (AvgIpc) is 3.54. The van der Waals surface area contributed by atoms with E-state index >= 15 is 0 Å². The summed E-state index contributed by atoms with van der Waals surface area (Å²) in [4.78, 5) is 5.55. The molecule has 0 atom stereocenters. The zero-order valence-corrected chi connectivity index (χ0v) is 22.5. The lowest BCUT2D eigenvalue weighted by molar-refractivity contribution is 0.438. The SMILES string of the molecule is C=C/C(=C\C(=C/C)c1ccc2[nH]nc(-c3cc4c(-c5ccccc5F)cccc4[nH]3)c2c1)NC(=C)CN(C)C. The van der Waals surface area contributed by atoms with Crippen LogP contribution in [-0.2, 0) is 0 Å². The zero-order chi connectivity index (χ0) is 27.5. The first-order chi connectivity index (χ1) is 18.9. The molecule has 0 aliphatic carbocycles. The maximum absolute atomic E-state index is 14.6. The van der Waals surface area contributed by atoms with Gasteiger partial charge in [0.1, 0.15) is 11.5 Å². The Balaban J connectivity index is 1.54. The van der Waals surface area contributed by atoms with Crippen LogP contribution in [0, 0.1) is 5.82 Å². The predicted octanol–water partition coefficient (Wildman–Crippen LogP) is 7.66. The van der Waals surface area contributed by atoms with Crippen molar-refractivity contribution in [1.82, 2.24) is 25.4 Å². The molecule has 0 aliphatic rings. The number of aromatic nitrogens is 3. The van der Waals surface area contributed by atoms with Crippen LogP contribution >= 0.6 is 0 Å². The number of nitrogens with zero attached hydrogens (tertiary/aromatic N) is 2. The summed E-state index contributed by atoms with van der Waals surface area (Å²) in [6.07, 6.45) is 5.94. The minimum atomic E-state index is -0.242. The van der Waals surface area contributed by atoms with Crippen molar-refractivity contribution in [3.63, 3.8) is 0 Å². The van der Waals surface area contributed by atoms with Crippen LogP contribution in [0.5, 0.6) is 0 Å². The summed E-state index contributed by atoms with van der Waals surface area (Å²) in [7, 11) is 4.01. The van der Waals surface area contributed by atoms with Gasteiger partial charge in [0.15, 0.2) is 0 Å². The molecule has 2 heterocycles. The number of aromatic amines is 2. The van der Waals surface area contributed by atoms with Gasteiger partial charge in [-0.25, -0.2) is 4.39 Å². The van der Waals surface area contributed by atoms with E-state index in [-0.39, 0.29) is 5.82 Å². The molecule has 39 heavy (non-hydrogen) atoms. The monoisotopic (exact) mass is 517 g/mol. The standard InChI is InChI=1S/C33H32FN5/c1-6-22(17-24(7-2)35-21(3)20-39(4)5)23-15-16-31-28(18-23)33(38-37-31)32-19-27-25(12-10-14-30(27)36-32)26-11-8-9-13-29(26)34/h6-19,35-36H,2-3,20H2,1,4-5H3,(H,37,38)/b22-6+,24-17+. The lowest BCUT2D eigenvalue weighted by Crippen LogP contribution is -2.23. The van der Waals surface area contributed by atoms with Gasteiger partial charge in [-0.3, -0.25) is 5.10 Å². The van der Waals surface area contributed by atoms with Crippen molar-refractivity contribution < 1.29 is 4.39 Å². The third kappa shape index (κ3) is 5.33. The number of H-pyrrole nitrogens is 2. The summed E-state index contributed by atoms with van der Waals surface area (Å²) in [5, 5.41) is 13.1. The van der Waals surface area contributed by atoms with E-state index in [0.717, 1.165) is 67.8 Å². The molecule has 0 amide bonds. The van der Waals surface area contributed by atoms with Crippen LogP contribution in [0.3, 0.4) is 0 Å². The van der Waals surface area contributed by atoms with E-state index in [9.17, 15) is 4.39 Å². The van der Waals surface area contributed by atoms with Crippen LogP contribution in [0.2, 0.25) is 0 Å². The fourth-order valence-corrected chi connectivity index (χ4v) is 4.87. The number of hydrogen-bond donors (Lipinski definition) is 3. The maximum atomic E-state index is 14.6. The number of likely N-dealkylation sites (N-methyl/N-ethyl adjacent to an activating group) is 1. The highest BCUT2D eigenvalue weighted by atomic mass is 19.1. The number of halogens is 1. The van der Waals surface area contributed by atoms with Gasteiger partial charge in [0.25, 0.3) is 0 Å². The van der Waals surface area contributed by atoms with E-state index < -0.39 is 0 Å². The van der Waals surface area contributed by atoms with Gasteiger partial charge in [0.05, 0.1) is 11.2 Å². The number of nitrogens with one attached hydrogen (secondary N) is 3. The minimum absolute atomic E-state index is 0.242. The van der Waals surface area contributed by atoms with E-state index in [1.54, 1.807) is 18.2 Å². The number of fused-ring (bicyclic) bond motifs is 2. The number of rotatable bonds is 9. The Bertz CT molecular complexity index is 1750. The summed E-state index contributed by atoms with van der Waals surface area (Å²) in [6.45, 7) is 10.8. The molecule has 0 radical (unpaired) electrons. The van der Waals surface area contributed by atoms with E-state index in [1.807, 2.05) is 57.4 Å². The van der Waals surface area contributed by atoms with Gasteiger partial charge in [-0.1, -0.05) is 55.6 Å². The molecular formula is C33H32FN5. The molecule has 0 bridgehead atoms. The highest BCUT2D eigenvalue weighted by Gasteiger charge is 2.15. The predicted molar refractivity (Wildman–Crippen MR) is 162 cm³/mol. The number of allylic oxidation sites excluding steroid dienone is 4. The Morgan fingerprint density at radius 2 is 1.79 bits per heavy atom. The molecule has 5 nitrogen and oxygen atoms in total. The molecule has 0 unspecified atom stereocenters. The van der Waals surface area contributed by atoms with Crippen LogP contribution in [0.1, 0.15) is 12.5 Å². The van der Waals surface area contributed by atoms with Crippen LogP contribution in [-0.4, -0.2) is 40.7 Å². The van der Waals surface area contributed by atoms with Crippen LogP contribution in [0.25, 0.3) is 49.9 Å². The Labute approximate surface area is 228 Å². The van der Waals surface area contributed by atoms with Gasteiger partial charge in [-0.15, -0.1) is 0 Å². The molecule has 3 aromatic carbocycles. The molecule has 196 valence electrons. The normalized spacial score (nSPS) is 12.4. The van der Waals surface area contributed by atoms with Crippen molar-refractivity contribution in [2.24, 2.45) is 0 Å². The largest absolute Gasteiger partial charge is 0.358 e. The Morgan fingerprint density at radius 3 is 2.54 bits per heavy atom. The summed E-state index contributed by atoms with van der Waals surface area (Å²) in [5.74, 6) is -0.242. The van der Waals surface area contributed by atoms with Crippen molar-refractivity contribution in [3.05, 3.63) is 121 Å². The number of benzene rings is 3. The molecule has 6 heteroatoms. The molecule has 0 saturated heterocycles. The molecule has 0 fully saturated rings. The first kappa shape index (κ1) is 25.9. The average molecular weight is 518 g/mol. The fraction of sp³-hybridized carbons (Fsp3) is 0.121. The Morgan fingerprint density at radius 1 is 1.00 bits per heavy atom. The molecular weight excluding hydrogens is 485 g/mol. The Hall–Kier alpha value is -4.68. The third-order valence-electron chi connectivity index (χ3n) is 6.65. The topological polar surface area (TPSA) is 59.7 Å². The summed E-state index contributed by atoms with van der Waals surface area (Å²) < 4.78 is 14.6. The van der Waals surface area contributed by atoms with Crippen LogP contribution < -0.4 is 5.32 Å². The zero-order valence-electron chi connectivity index (χ0n) is 22.5. The highest BCUT2D eigenvalue weighted by Crippen LogP contribution is 2.35. The van der Waals surface area contributed by atoms with E-state index in [0.29, 0.717) is 5.56 Å². The molecule has 0 saturated carbocycles. The molecule has 0 spiro atoms. The van der Waals surface area contributed by atoms with Gasteiger partial charge >= 0.3 is 0 Å². The summed E-state index contributed by atoms with van der Waals surface area (Å²) >= 11 is 0. The minimum Gasteiger partial charge on any atom is -0.358 e. The maximum Gasteiger partial charge on any atom is 0.131 e. The molecule has 2 aromatic heterocycles. The van der Waals surface area contributed by atoms with Crippen LogP contribution in [0.15, 0.2) is 110 Å². The van der Waals surface area contributed by atoms with Gasteiger partial charge in [0, 0.05) is 39.8 Å². The fourth-order valence-electron chi connectivity index (χ4n) is 4.87. The molecule has 0 aliphatic heterocycles.